The number of esters is 1. The number of carbonyl (C=O) groups excluding carboxylic acids is 1. The second kappa shape index (κ2) is 5.96. The van der Waals surface area contributed by atoms with Crippen LogP contribution in [0.25, 0.3) is 10.9 Å². The molecule has 7 heteroatoms. The molecule has 5 nitrogen and oxygen atoms in total. The molecule has 0 N–H and O–H groups in total. The first-order valence-electron chi connectivity index (χ1n) is 7.06. The summed E-state index contributed by atoms with van der Waals surface area (Å²) < 4.78 is 31.6. The summed E-state index contributed by atoms with van der Waals surface area (Å²) in [5, 5.41) is 0.831. The molecule has 0 amide bonds. The Bertz CT molecular complexity index is 1040. The average molecular weight is 364 g/mol. The fourth-order valence-corrected chi connectivity index (χ4v) is 4.10. The van der Waals surface area contributed by atoms with E-state index in [1.807, 2.05) is 6.92 Å². The summed E-state index contributed by atoms with van der Waals surface area (Å²) in [5.74, 6) is -0.548. The van der Waals surface area contributed by atoms with Crippen LogP contribution < -0.4 is 0 Å². The van der Waals surface area contributed by atoms with Crippen molar-refractivity contribution in [2.24, 2.45) is 0 Å². The number of halogens is 1. The monoisotopic (exact) mass is 363 g/mol. The van der Waals surface area contributed by atoms with Crippen LogP contribution in [0.2, 0.25) is 5.02 Å². The Balaban J connectivity index is 2.25. The summed E-state index contributed by atoms with van der Waals surface area (Å²) in [7, 11) is -2.57. The van der Waals surface area contributed by atoms with Crippen molar-refractivity contribution in [3.05, 3.63) is 64.8 Å². The third kappa shape index (κ3) is 2.68. The number of aromatic nitrogens is 1. The topological polar surface area (TPSA) is 65.4 Å². The molecule has 3 rings (SSSR count). The van der Waals surface area contributed by atoms with Gasteiger partial charge in [-0.25, -0.2) is 17.2 Å². The summed E-state index contributed by atoms with van der Waals surface area (Å²) in [6.07, 6.45) is 1.34. The fourth-order valence-electron chi connectivity index (χ4n) is 2.43. The number of carbonyl (C=O) groups is 1. The van der Waals surface area contributed by atoms with Gasteiger partial charge in [-0.15, -0.1) is 0 Å². The number of rotatable bonds is 3. The Labute approximate surface area is 144 Å². The lowest BCUT2D eigenvalue weighted by Crippen LogP contribution is -2.12. The lowest BCUT2D eigenvalue weighted by Gasteiger charge is -2.08. The van der Waals surface area contributed by atoms with Gasteiger partial charge in [0.05, 0.1) is 28.1 Å². The third-order valence-electron chi connectivity index (χ3n) is 3.72. The average Bonchev–Trinajstić information content (AvgIpc) is 2.91. The van der Waals surface area contributed by atoms with Gasteiger partial charge in [-0.05, 0) is 31.2 Å². The largest absolute Gasteiger partial charge is 0.465 e. The van der Waals surface area contributed by atoms with Crippen molar-refractivity contribution in [2.75, 3.05) is 7.11 Å². The van der Waals surface area contributed by atoms with E-state index in [4.69, 9.17) is 11.6 Å². The van der Waals surface area contributed by atoms with Crippen LogP contribution in [0.15, 0.2) is 53.6 Å². The summed E-state index contributed by atoms with van der Waals surface area (Å²) >= 11 is 6.16. The number of hydrogen-bond acceptors (Lipinski definition) is 4. The van der Waals surface area contributed by atoms with Gasteiger partial charge in [-0.1, -0.05) is 35.4 Å². The Morgan fingerprint density at radius 1 is 1.12 bits per heavy atom. The first-order valence-corrected chi connectivity index (χ1v) is 8.87. The lowest BCUT2D eigenvalue weighted by atomic mass is 10.2. The van der Waals surface area contributed by atoms with Crippen molar-refractivity contribution >= 4 is 38.5 Å². The van der Waals surface area contributed by atoms with E-state index in [-0.39, 0.29) is 15.5 Å². The van der Waals surface area contributed by atoms with Crippen LogP contribution in [0.5, 0.6) is 0 Å². The van der Waals surface area contributed by atoms with E-state index in [0.29, 0.717) is 10.9 Å². The van der Waals surface area contributed by atoms with Gasteiger partial charge >= 0.3 is 5.97 Å². The van der Waals surface area contributed by atoms with Crippen molar-refractivity contribution in [3.8, 4) is 0 Å². The van der Waals surface area contributed by atoms with E-state index in [1.165, 1.54) is 31.5 Å². The summed E-state index contributed by atoms with van der Waals surface area (Å²) in [6, 6.07) is 11.1. The quantitative estimate of drug-likeness (QED) is 0.666. The van der Waals surface area contributed by atoms with Crippen molar-refractivity contribution < 1.29 is 17.9 Å². The SMILES string of the molecule is COC(=O)c1ccc2c(Cl)cn(S(=O)(=O)c3ccc(C)cc3)c2c1. The van der Waals surface area contributed by atoms with Crippen LogP contribution in [0.3, 0.4) is 0 Å². The zero-order valence-electron chi connectivity index (χ0n) is 13.0. The van der Waals surface area contributed by atoms with Crippen LogP contribution in [0, 0.1) is 6.92 Å². The maximum atomic E-state index is 12.9. The fraction of sp³-hybridized carbons (Fsp3) is 0.118. The van der Waals surface area contributed by atoms with Gasteiger partial charge in [-0.3, -0.25) is 0 Å². The van der Waals surface area contributed by atoms with E-state index in [9.17, 15) is 13.2 Å². The van der Waals surface area contributed by atoms with E-state index in [1.54, 1.807) is 24.3 Å². The van der Waals surface area contributed by atoms with Gasteiger partial charge in [0.15, 0.2) is 0 Å². The first-order chi connectivity index (χ1) is 11.3. The molecule has 24 heavy (non-hydrogen) atoms. The molecule has 0 radical (unpaired) electrons. The lowest BCUT2D eigenvalue weighted by molar-refractivity contribution is 0.0601. The van der Waals surface area contributed by atoms with Crippen LogP contribution in [0.4, 0.5) is 0 Å². The molecule has 0 unspecified atom stereocenters. The number of methoxy groups -OCH3 is 1. The van der Waals surface area contributed by atoms with E-state index >= 15 is 0 Å². The molecule has 2 aromatic carbocycles. The zero-order valence-corrected chi connectivity index (χ0v) is 14.6. The highest BCUT2D eigenvalue weighted by atomic mass is 35.5. The Morgan fingerprint density at radius 2 is 1.79 bits per heavy atom. The molecular formula is C17H14ClNO4S. The maximum absolute atomic E-state index is 12.9. The number of ether oxygens (including phenoxy) is 1. The minimum absolute atomic E-state index is 0.144. The summed E-state index contributed by atoms with van der Waals surface area (Å²) in [4.78, 5) is 11.9. The van der Waals surface area contributed by atoms with Crippen molar-refractivity contribution in [2.45, 2.75) is 11.8 Å². The molecule has 0 bridgehead atoms. The highest BCUT2D eigenvalue weighted by Crippen LogP contribution is 2.30. The van der Waals surface area contributed by atoms with Crippen LogP contribution in [0.1, 0.15) is 15.9 Å². The maximum Gasteiger partial charge on any atom is 0.337 e. The predicted molar refractivity (Wildman–Crippen MR) is 92.1 cm³/mol. The minimum atomic E-state index is -3.83. The molecule has 3 aromatic rings. The number of nitrogens with zero attached hydrogens (tertiary/aromatic N) is 1. The van der Waals surface area contributed by atoms with Crippen LogP contribution in [-0.4, -0.2) is 25.5 Å². The highest BCUT2D eigenvalue weighted by Gasteiger charge is 2.21. The Hall–Kier alpha value is -2.31. The molecular weight excluding hydrogens is 350 g/mol. The molecule has 0 spiro atoms. The molecule has 0 fully saturated rings. The number of fused-ring (bicyclic) bond motifs is 1. The summed E-state index contributed by atoms with van der Waals surface area (Å²) in [5.41, 5.74) is 1.53. The van der Waals surface area contributed by atoms with E-state index < -0.39 is 16.0 Å². The number of benzene rings is 2. The summed E-state index contributed by atoms with van der Waals surface area (Å²) in [6.45, 7) is 1.88. The minimum Gasteiger partial charge on any atom is -0.465 e. The number of hydrogen-bond donors (Lipinski definition) is 0. The van der Waals surface area contributed by atoms with E-state index in [0.717, 1.165) is 9.54 Å². The van der Waals surface area contributed by atoms with Crippen LogP contribution >= 0.6 is 11.6 Å². The van der Waals surface area contributed by atoms with Gasteiger partial charge in [0, 0.05) is 11.6 Å². The molecule has 0 aliphatic carbocycles. The molecule has 0 aliphatic rings. The molecule has 0 atom stereocenters. The van der Waals surface area contributed by atoms with Crippen molar-refractivity contribution in [3.63, 3.8) is 0 Å². The second-order valence-corrected chi connectivity index (χ2v) is 7.54. The van der Waals surface area contributed by atoms with Crippen molar-refractivity contribution in [1.29, 1.82) is 0 Å². The second-order valence-electron chi connectivity index (χ2n) is 5.31. The Morgan fingerprint density at radius 3 is 2.42 bits per heavy atom. The van der Waals surface area contributed by atoms with Crippen LogP contribution in [-0.2, 0) is 14.8 Å². The Kier molecular flexibility index (Phi) is 4.11. The molecule has 0 saturated heterocycles. The molecule has 1 aromatic heterocycles. The van der Waals surface area contributed by atoms with Gasteiger partial charge in [0.25, 0.3) is 10.0 Å². The highest BCUT2D eigenvalue weighted by molar-refractivity contribution is 7.90. The van der Waals surface area contributed by atoms with Gasteiger partial charge in [0.2, 0.25) is 0 Å². The molecule has 0 aliphatic heterocycles. The molecule has 0 saturated carbocycles. The standard InChI is InChI=1S/C17H14ClNO4S/c1-11-3-6-13(7-4-11)24(21,22)19-10-15(18)14-8-5-12(9-16(14)19)17(20)23-2/h3-10H,1-2H3. The predicted octanol–water partition coefficient (Wildman–Crippen LogP) is 3.63. The van der Waals surface area contributed by atoms with Gasteiger partial charge in [0.1, 0.15) is 0 Å². The van der Waals surface area contributed by atoms with E-state index in [2.05, 4.69) is 4.74 Å². The first kappa shape index (κ1) is 16.5. The zero-order chi connectivity index (χ0) is 17.5. The smallest absolute Gasteiger partial charge is 0.337 e. The number of aryl methyl sites for hydroxylation is 1. The normalized spacial score (nSPS) is 11.6. The molecule has 1 heterocycles. The van der Waals surface area contributed by atoms with Gasteiger partial charge in [-0.2, -0.15) is 0 Å². The van der Waals surface area contributed by atoms with Crippen molar-refractivity contribution in [1.82, 2.24) is 3.97 Å². The molecule has 124 valence electrons. The third-order valence-corrected chi connectivity index (χ3v) is 5.71. The van der Waals surface area contributed by atoms with Gasteiger partial charge < -0.3 is 4.74 Å².